The molecule has 1 heterocycles. The summed E-state index contributed by atoms with van der Waals surface area (Å²) in [7, 11) is 0. The lowest BCUT2D eigenvalue weighted by Crippen LogP contribution is -2.28. The van der Waals surface area contributed by atoms with E-state index >= 15 is 0 Å². The van der Waals surface area contributed by atoms with Crippen molar-refractivity contribution in [2.75, 3.05) is 4.90 Å². The van der Waals surface area contributed by atoms with E-state index in [2.05, 4.69) is 325 Å². The summed E-state index contributed by atoms with van der Waals surface area (Å²) in [4.78, 5) is 2.43. The standard InChI is InChI=1S/C79H52N2/c1-4-22-55(23-5-1)77-68-32-12-14-34-70(68)78(71-35-15-13-33-69(71)77)56-41-45-60(46-42-56)80(59-43-39-54(40-44-59)64-36-20-24-53-21-10-11-29-63(53)64)61-48-50-76-72(51-61)67-31-17-19-38-75(67)81(76)62-47-49-66-65-30-16-18-37-73(65)79(74(66)52-62,57-25-6-2-7-26-57)58-27-8-3-9-28-58/h1-52H. The normalized spacial score (nSPS) is 12.5. The molecular weight excluding hydrogens is 977 g/mol. The van der Waals surface area contributed by atoms with Gasteiger partial charge in [0.1, 0.15) is 0 Å². The van der Waals surface area contributed by atoms with Crippen LogP contribution in [0.15, 0.2) is 315 Å². The van der Waals surface area contributed by atoms with Gasteiger partial charge < -0.3 is 9.47 Å². The van der Waals surface area contributed by atoms with Crippen LogP contribution >= 0.6 is 0 Å². The predicted octanol–water partition coefficient (Wildman–Crippen LogP) is 21.1. The molecule has 0 spiro atoms. The molecule has 0 saturated heterocycles. The number of hydrogen-bond acceptors (Lipinski definition) is 1. The maximum absolute atomic E-state index is 2.48. The van der Waals surface area contributed by atoms with Crippen molar-refractivity contribution in [2.45, 2.75) is 5.41 Å². The van der Waals surface area contributed by atoms with E-state index in [-0.39, 0.29) is 0 Å². The van der Waals surface area contributed by atoms with E-state index in [0.717, 1.165) is 28.3 Å². The van der Waals surface area contributed by atoms with E-state index in [4.69, 9.17) is 0 Å². The van der Waals surface area contributed by atoms with Gasteiger partial charge in [0.05, 0.1) is 16.4 Å². The van der Waals surface area contributed by atoms with Crippen molar-refractivity contribution >= 4 is 71.2 Å². The third kappa shape index (κ3) is 7.27. The lowest BCUT2D eigenvalue weighted by molar-refractivity contribution is 0.767. The monoisotopic (exact) mass is 1030 g/mol. The Balaban J connectivity index is 0.871. The Kier molecular flexibility index (Phi) is 10.8. The van der Waals surface area contributed by atoms with E-state index in [1.165, 1.54) is 115 Å². The maximum Gasteiger partial charge on any atom is 0.0714 e. The molecule has 1 aromatic heterocycles. The van der Waals surface area contributed by atoms with E-state index in [1.807, 2.05) is 0 Å². The first-order valence-electron chi connectivity index (χ1n) is 28.1. The van der Waals surface area contributed by atoms with Gasteiger partial charge in [-0.2, -0.15) is 0 Å². The molecule has 0 fully saturated rings. The van der Waals surface area contributed by atoms with Crippen molar-refractivity contribution in [1.29, 1.82) is 0 Å². The zero-order chi connectivity index (χ0) is 53.4. The maximum atomic E-state index is 2.48. The van der Waals surface area contributed by atoms with Crippen LogP contribution in [0.5, 0.6) is 0 Å². The molecule has 81 heavy (non-hydrogen) atoms. The Morgan fingerprint density at radius 3 is 1.36 bits per heavy atom. The van der Waals surface area contributed by atoms with Gasteiger partial charge in [0.25, 0.3) is 0 Å². The number of hydrogen-bond donors (Lipinski definition) is 0. The van der Waals surface area contributed by atoms with Crippen LogP contribution in [0.1, 0.15) is 22.3 Å². The highest BCUT2D eigenvalue weighted by molar-refractivity contribution is 6.21. The van der Waals surface area contributed by atoms with Gasteiger partial charge in [-0.15, -0.1) is 0 Å². The molecule has 0 saturated carbocycles. The minimum absolute atomic E-state index is 0.512. The lowest BCUT2D eigenvalue weighted by Gasteiger charge is -2.34. The smallest absolute Gasteiger partial charge is 0.0714 e. The van der Waals surface area contributed by atoms with Crippen molar-refractivity contribution in [1.82, 2.24) is 4.57 Å². The van der Waals surface area contributed by atoms with Gasteiger partial charge in [-0.05, 0) is 160 Å². The molecule has 0 N–H and O–H groups in total. The summed E-state index contributed by atoms with van der Waals surface area (Å²) in [6.07, 6.45) is 0. The van der Waals surface area contributed by atoms with Crippen molar-refractivity contribution in [3.8, 4) is 50.2 Å². The minimum Gasteiger partial charge on any atom is -0.310 e. The fraction of sp³-hybridized carbons (Fsp3) is 0.0127. The molecule has 0 amide bonds. The third-order valence-corrected chi connectivity index (χ3v) is 17.2. The van der Waals surface area contributed by atoms with Gasteiger partial charge in [0.2, 0.25) is 0 Å². The lowest BCUT2D eigenvalue weighted by atomic mass is 9.67. The molecule has 15 aromatic rings. The van der Waals surface area contributed by atoms with Gasteiger partial charge in [0, 0.05) is 33.5 Å². The Morgan fingerprint density at radius 1 is 0.259 bits per heavy atom. The summed E-state index contributed by atoms with van der Waals surface area (Å²) in [5.74, 6) is 0. The molecule has 1 aliphatic rings. The fourth-order valence-electron chi connectivity index (χ4n) is 13.8. The van der Waals surface area contributed by atoms with Crippen LogP contribution in [-0.4, -0.2) is 4.57 Å². The third-order valence-electron chi connectivity index (χ3n) is 17.2. The van der Waals surface area contributed by atoms with Gasteiger partial charge in [-0.1, -0.05) is 255 Å². The molecule has 1 aliphatic carbocycles. The number of anilines is 3. The van der Waals surface area contributed by atoms with E-state index in [9.17, 15) is 0 Å². The highest BCUT2D eigenvalue weighted by Gasteiger charge is 2.46. The summed E-state index contributed by atoms with van der Waals surface area (Å²) < 4.78 is 2.48. The Hall–Kier alpha value is -10.5. The second-order valence-corrected chi connectivity index (χ2v) is 21.5. The van der Waals surface area contributed by atoms with Crippen LogP contribution in [0, 0.1) is 0 Å². The molecule has 0 aliphatic heterocycles. The topological polar surface area (TPSA) is 8.17 Å². The van der Waals surface area contributed by atoms with E-state index in [1.54, 1.807) is 0 Å². The highest BCUT2D eigenvalue weighted by Crippen LogP contribution is 2.57. The van der Waals surface area contributed by atoms with Crippen LogP contribution in [0.3, 0.4) is 0 Å². The Labute approximate surface area is 471 Å². The molecule has 0 bridgehead atoms. The number of nitrogens with zero attached hydrogens (tertiary/aromatic N) is 2. The highest BCUT2D eigenvalue weighted by atomic mass is 15.1. The first-order chi connectivity index (χ1) is 40.2. The number of benzene rings is 14. The molecule has 14 aromatic carbocycles. The second-order valence-electron chi connectivity index (χ2n) is 21.5. The van der Waals surface area contributed by atoms with Crippen LogP contribution < -0.4 is 4.90 Å². The van der Waals surface area contributed by atoms with Crippen molar-refractivity contribution in [2.24, 2.45) is 0 Å². The minimum atomic E-state index is -0.512. The molecule has 2 nitrogen and oxygen atoms in total. The molecule has 16 rings (SSSR count). The Morgan fingerprint density at radius 2 is 0.716 bits per heavy atom. The number of aromatic nitrogens is 1. The largest absolute Gasteiger partial charge is 0.310 e. The molecule has 0 unspecified atom stereocenters. The van der Waals surface area contributed by atoms with Gasteiger partial charge in [-0.3, -0.25) is 0 Å². The van der Waals surface area contributed by atoms with Crippen molar-refractivity contribution in [3.05, 3.63) is 338 Å². The first kappa shape index (κ1) is 46.5. The number of para-hydroxylation sites is 1. The zero-order valence-corrected chi connectivity index (χ0v) is 44.4. The summed E-state index contributed by atoms with van der Waals surface area (Å²) in [5, 5.41) is 9.85. The molecule has 2 heteroatoms. The molecule has 0 atom stereocenters. The van der Waals surface area contributed by atoms with Crippen LogP contribution in [0.25, 0.3) is 104 Å². The second kappa shape index (κ2) is 18.8. The average Bonchev–Trinajstić information content (AvgIpc) is 4.11. The van der Waals surface area contributed by atoms with E-state index in [0.29, 0.717) is 0 Å². The zero-order valence-electron chi connectivity index (χ0n) is 44.4. The first-order valence-corrected chi connectivity index (χ1v) is 28.1. The van der Waals surface area contributed by atoms with Crippen LogP contribution in [0.2, 0.25) is 0 Å². The quantitative estimate of drug-likeness (QED) is 0.131. The number of fused-ring (bicyclic) bond motifs is 9. The summed E-state index contributed by atoms with van der Waals surface area (Å²) in [6, 6.07) is 117. The fourth-order valence-corrected chi connectivity index (χ4v) is 13.8. The number of rotatable bonds is 9. The molecular formula is C79H52N2. The SMILES string of the molecule is c1ccc(-c2c3ccccc3c(-c3ccc(N(c4ccc(-c5cccc6ccccc56)cc4)c4ccc5c(c4)c4ccccc4n5-c4ccc5c(c4)C(c4ccccc4)(c4ccccc4)c4ccccc4-5)cc3)c3ccccc23)cc1. The van der Waals surface area contributed by atoms with Gasteiger partial charge >= 0.3 is 0 Å². The molecule has 0 radical (unpaired) electrons. The van der Waals surface area contributed by atoms with Crippen LogP contribution in [-0.2, 0) is 5.41 Å². The van der Waals surface area contributed by atoms with Crippen molar-refractivity contribution < 1.29 is 0 Å². The van der Waals surface area contributed by atoms with Gasteiger partial charge in [0.15, 0.2) is 0 Å². The summed E-state index contributed by atoms with van der Waals surface area (Å²) >= 11 is 0. The van der Waals surface area contributed by atoms with E-state index < -0.39 is 5.41 Å². The average molecular weight is 1030 g/mol. The van der Waals surface area contributed by atoms with Gasteiger partial charge in [-0.25, -0.2) is 0 Å². The molecule has 378 valence electrons. The summed E-state index contributed by atoms with van der Waals surface area (Å²) in [6.45, 7) is 0. The van der Waals surface area contributed by atoms with Crippen molar-refractivity contribution in [3.63, 3.8) is 0 Å². The Bertz CT molecular complexity index is 4800. The predicted molar refractivity (Wildman–Crippen MR) is 342 cm³/mol. The summed E-state index contributed by atoms with van der Waals surface area (Å²) in [5.41, 5.74) is 21.1. The van der Waals surface area contributed by atoms with Crippen LogP contribution in [0.4, 0.5) is 17.1 Å².